The first-order chi connectivity index (χ1) is 9.61. The van der Waals surface area contributed by atoms with Gasteiger partial charge in [-0.05, 0) is 30.5 Å². The van der Waals surface area contributed by atoms with E-state index >= 15 is 0 Å². The normalized spacial score (nSPS) is 15.6. The average Bonchev–Trinajstić information content (AvgIpc) is 2.48. The molecule has 0 saturated carbocycles. The van der Waals surface area contributed by atoms with Gasteiger partial charge >= 0.3 is 6.09 Å². The Morgan fingerprint density at radius 2 is 1.75 bits per heavy atom. The monoisotopic (exact) mass is 276 g/mol. The van der Waals surface area contributed by atoms with Gasteiger partial charge in [-0.3, -0.25) is 0 Å². The number of rotatable bonds is 3. The zero-order chi connectivity index (χ0) is 14.5. The van der Waals surface area contributed by atoms with Gasteiger partial charge in [0.2, 0.25) is 0 Å². The quantitative estimate of drug-likeness (QED) is 0.850. The average molecular weight is 276 g/mol. The molecule has 0 aliphatic carbocycles. The molecule has 0 N–H and O–H groups in total. The SMILES string of the molecule is CCOC(=O)N1CCN(c2ccc(C(C)C)cc2)CC1. The summed E-state index contributed by atoms with van der Waals surface area (Å²) in [5.41, 5.74) is 2.59. The molecule has 1 aromatic carbocycles. The van der Waals surface area contributed by atoms with E-state index in [2.05, 4.69) is 43.0 Å². The van der Waals surface area contributed by atoms with Gasteiger partial charge in [-0.2, -0.15) is 0 Å². The standard InChI is InChI=1S/C16H24N2O2/c1-4-20-16(19)18-11-9-17(10-12-18)15-7-5-14(6-8-15)13(2)3/h5-8,13H,4,9-12H2,1-3H3. The Morgan fingerprint density at radius 1 is 1.15 bits per heavy atom. The van der Waals surface area contributed by atoms with Crippen molar-refractivity contribution in [3.63, 3.8) is 0 Å². The van der Waals surface area contributed by atoms with Crippen LogP contribution >= 0.6 is 0 Å². The van der Waals surface area contributed by atoms with Crippen molar-refractivity contribution in [2.24, 2.45) is 0 Å². The molecule has 20 heavy (non-hydrogen) atoms. The molecule has 110 valence electrons. The van der Waals surface area contributed by atoms with E-state index in [9.17, 15) is 4.79 Å². The van der Waals surface area contributed by atoms with E-state index in [1.807, 2.05) is 6.92 Å². The second-order valence-corrected chi connectivity index (χ2v) is 5.42. The van der Waals surface area contributed by atoms with Gasteiger partial charge in [0.05, 0.1) is 6.61 Å². The third kappa shape index (κ3) is 3.44. The Balaban J connectivity index is 1.91. The molecule has 1 saturated heterocycles. The van der Waals surface area contributed by atoms with E-state index < -0.39 is 0 Å². The van der Waals surface area contributed by atoms with Gasteiger partial charge in [-0.1, -0.05) is 26.0 Å². The molecule has 1 aromatic rings. The predicted octanol–water partition coefficient (Wildman–Crippen LogP) is 3.09. The lowest BCUT2D eigenvalue weighted by atomic mass is 10.0. The van der Waals surface area contributed by atoms with Crippen molar-refractivity contribution < 1.29 is 9.53 Å². The van der Waals surface area contributed by atoms with Crippen LogP contribution in [0.25, 0.3) is 0 Å². The fourth-order valence-electron chi connectivity index (χ4n) is 2.43. The zero-order valence-corrected chi connectivity index (χ0v) is 12.6. The van der Waals surface area contributed by atoms with Crippen LogP contribution in [0.3, 0.4) is 0 Å². The highest BCUT2D eigenvalue weighted by Crippen LogP contribution is 2.21. The molecule has 0 aromatic heterocycles. The summed E-state index contributed by atoms with van der Waals surface area (Å²) in [7, 11) is 0. The first kappa shape index (κ1) is 14.7. The minimum absolute atomic E-state index is 0.192. The van der Waals surface area contributed by atoms with Crippen LogP contribution in [0.5, 0.6) is 0 Å². The van der Waals surface area contributed by atoms with Crippen molar-refractivity contribution in [2.45, 2.75) is 26.7 Å². The molecule has 0 atom stereocenters. The number of carbonyl (C=O) groups excluding carboxylic acids is 1. The van der Waals surface area contributed by atoms with Gasteiger partial charge in [0.15, 0.2) is 0 Å². The van der Waals surface area contributed by atoms with Crippen molar-refractivity contribution in [1.82, 2.24) is 4.90 Å². The van der Waals surface area contributed by atoms with E-state index in [0.29, 0.717) is 12.5 Å². The van der Waals surface area contributed by atoms with Crippen LogP contribution < -0.4 is 4.90 Å². The maximum Gasteiger partial charge on any atom is 0.409 e. The molecule has 2 rings (SSSR count). The first-order valence-electron chi connectivity index (χ1n) is 7.38. The van der Waals surface area contributed by atoms with E-state index in [-0.39, 0.29) is 6.09 Å². The summed E-state index contributed by atoms with van der Waals surface area (Å²) in [5, 5.41) is 0. The highest BCUT2D eigenvalue weighted by atomic mass is 16.6. The Hall–Kier alpha value is -1.71. The van der Waals surface area contributed by atoms with Crippen LogP contribution in [0.4, 0.5) is 10.5 Å². The molecule has 0 unspecified atom stereocenters. The highest BCUT2D eigenvalue weighted by Gasteiger charge is 2.21. The first-order valence-corrected chi connectivity index (χ1v) is 7.38. The summed E-state index contributed by atoms with van der Waals surface area (Å²) in [6.45, 7) is 9.86. The fraction of sp³-hybridized carbons (Fsp3) is 0.562. The number of benzene rings is 1. The van der Waals surface area contributed by atoms with Gasteiger partial charge in [-0.15, -0.1) is 0 Å². The number of nitrogens with zero attached hydrogens (tertiary/aromatic N) is 2. The molecule has 4 nitrogen and oxygen atoms in total. The maximum atomic E-state index is 11.6. The van der Waals surface area contributed by atoms with E-state index in [1.54, 1.807) is 4.90 Å². The van der Waals surface area contributed by atoms with Gasteiger partial charge < -0.3 is 14.5 Å². The van der Waals surface area contributed by atoms with Crippen molar-refractivity contribution in [3.05, 3.63) is 29.8 Å². The molecule has 0 bridgehead atoms. The second-order valence-electron chi connectivity index (χ2n) is 5.42. The third-order valence-electron chi connectivity index (χ3n) is 3.73. The molecule has 1 heterocycles. The lowest BCUT2D eigenvalue weighted by Gasteiger charge is -2.35. The van der Waals surface area contributed by atoms with E-state index in [1.165, 1.54) is 11.3 Å². The largest absolute Gasteiger partial charge is 0.450 e. The van der Waals surface area contributed by atoms with Crippen molar-refractivity contribution in [2.75, 3.05) is 37.7 Å². The van der Waals surface area contributed by atoms with E-state index in [4.69, 9.17) is 4.74 Å². The van der Waals surface area contributed by atoms with Crippen molar-refractivity contribution in [1.29, 1.82) is 0 Å². The predicted molar refractivity (Wildman–Crippen MR) is 81.3 cm³/mol. The number of ether oxygens (including phenoxy) is 1. The molecule has 0 radical (unpaired) electrons. The summed E-state index contributed by atoms with van der Waals surface area (Å²) < 4.78 is 5.03. The fourth-order valence-corrected chi connectivity index (χ4v) is 2.43. The lowest BCUT2D eigenvalue weighted by molar-refractivity contribution is 0.105. The van der Waals surface area contributed by atoms with Crippen molar-refractivity contribution in [3.8, 4) is 0 Å². The smallest absolute Gasteiger partial charge is 0.409 e. The van der Waals surface area contributed by atoms with Crippen LogP contribution in [0.15, 0.2) is 24.3 Å². The van der Waals surface area contributed by atoms with Crippen LogP contribution in [0.2, 0.25) is 0 Å². The Kier molecular flexibility index (Phi) is 4.88. The summed E-state index contributed by atoms with van der Waals surface area (Å²) in [6, 6.07) is 8.74. The number of hydrogen-bond acceptors (Lipinski definition) is 3. The number of amides is 1. The molecule has 4 heteroatoms. The van der Waals surface area contributed by atoms with Crippen molar-refractivity contribution >= 4 is 11.8 Å². The second kappa shape index (κ2) is 6.64. The summed E-state index contributed by atoms with van der Waals surface area (Å²) >= 11 is 0. The Labute approximate surface area is 121 Å². The maximum absolute atomic E-state index is 11.6. The molecule has 1 amide bonds. The minimum Gasteiger partial charge on any atom is -0.450 e. The van der Waals surface area contributed by atoms with Crippen LogP contribution in [0.1, 0.15) is 32.3 Å². The lowest BCUT2D eigenvalue weighted by Crippen LogP contribution is -2.49. The number of carbonyl (C=O) groups is 1. The van der Waals surface area contributed by atoms with E-state index in [0.717, 1.165) is 26.2 Å². The summed E-state index contributed by atoms with van der Waals surface area (Å²) in [4.78, 5) is 15.7. The number of hydrogen-bond donors (Lipinski definition) is 0. The van der Waals surface area contributed by atoms with Gasteiger partial charge in [-0.25, -0.2) is 4.79 Å². The summed E-state index contributed by atoms with van der Waals surface area (Å²) in [5.74, 6) is 0.560. The summed E-state index contributed by atoms with van der Waals surface area (Å²) in [6.07, 6.45) is -0.192. The molecular weight excluding hydrogens is 252 g/mol. The van der Waals surface area contributed by atoms with Crippen LogP contribution in [0, 0.1) is 0 Å². The topological polar surface area (TPSA) is 32.8 Å². The molecule has 1 aliphatic rings. The van der Waals surface area contributed by atoms with Crippen LogP contribution in [-0.4, -0.2) is 43.8 Å². The van der Waals surface area contributed by atoms with Gasteiger partial charge in [0, 0.05) is 31.9 Å². The number of piperazine rings is 1. The third-order valence-corrected chi connectivity index (χ3v) is 3.73. The minimum atomic E-state index is -0.192. The van der Waals surface area contributed by atoms with Gasteiger partial charge in [0.25, 0.3) is 0 Å². The number of anilines is 1. The molecular formula is C16H24N2O2. The van der Waals surface area contributed by atoms with Gasteiger partial charge in [0.1, 0.15) is 0 Å². The molecule has 1 aliphatic heterocycles. The zero-order valence-electron chi connectivity index (χ0n) is 12.6. The molecule has 1 fully saturated rings. The molecule has 0 spiro atoms. The highest BCUT2D eigenvalue weighted by molar-refractivity contribution is 5.68. The Morgan fingerprint density at radius 3 is 2.25 bits per heavy atom. The Bertz CT molecular complexity index is 434. The van der Waals surface area contributed by atoms with Crippen LogP contribution in [-0.2, 0) is 4.74 Å².